The molecule has 0 saturated heterocycles. The average molecular weight is 158 g/mol. The predicted molar refractivity (Wildman–Crippen MR) is 44.8 cm³/mol. The molecular formula is C7H14O2Si. The van der Waals surface area contributed by atoms with E-state index in [-0.39, 0.29) is 0 Å². The Bertz CT molecular complexity index is 150. The molecular weight excluding hydrogens is 144 g/mol. The highest BCUT2D eigenvalue weighted by molar-refractivity contribution is 6.72. The summed E-state index contributed by atoms with van der Waals surface area (Å²) in [5.74, 6) is 0. The summed E-state index contributed by atoms with van der Waals surface area (Å²) in [6, 6.07) is 0. The van der Waals surface area contributed by atoms with Crippen molar-refractivity contribution in [3.63, 3.8) is 0 Å². The molecule has 0 heterocycles. The molecule has 0 aliphatic rings. The lowest BCUT2D eigenvalue weighted by molar-refractivity contribution is 0.308. The van der Waals surface area contributed by atoms with E-state index in [2.05, 4.69) is 6.58 Å². The third-order valence-corrected chi connectivity index (χ3v) is 3.92. The lowest BCUT2D eigenvalue weighted by Gasteiger charge is -2.17. The molecule has 58 valence electrons. The molecule has 0 amide bonds. The van der Waals surface area contributed by atoms with E-state index in [1.807, 2.05) is 6.92 Å². The van der Waals surface area contributed by atoms with Crippen LogP contribution < -0.4 is 0 Å². The minimum atomic E-state index is -2.51. The van der Waals surface area contributed by atoms with Gasteiger partial charge >= 0.3 is 8.56 Å². The molecule has 0 radical (unpaired) electrons. The number of allylic oxidation sites excluding steroid dienone is 3. The first-order valence-corrected chi connectivity index (χ1v) is 5.47. The van der Waals surface area contributed by atoms with Gasteiger partial charge in [0.15, 0.2) is 0 Å². The van der Waals surface area contributed by atoms with Gasteiger partial charge in [0.2, 0.25) is 0 Å². The van der Waals surface area contributed by atoms with E-state index in [0.717, 1.165) is 5.20 Å². The van der Waals surface area contributed by atoms with E-state index in [1.54, 1.807) is 18.7 Å². The zero-order valence-electron chi connectivity index (χ0n) is 6.72. The first-order valence-electron chi connectivity index (χ1n) is 3.12. The maximum Gasteiger partial charge on any atom is 0.361 e. The van der Waals surface area contributed by atoms with E-state index < -0.39 is 8.56 Å². The van der Waals surface area contributed by atoms with Gasteiger partial charge in [0.25, 0.3) is 0 Å². The lowest BCUT2D eigenvalue weighted by atomic mass is 10.5. The lowest BCUT2D eigenvalue weighted by Crippen LogP contribution is -2.35. The molecule has 0 spiro atoms. The molecule has 0 bridgehead atoms. The molecule has 0 saturated carbocycles. The molecule has 10 heavy (non-hydrogen) atoms. The van der Waals surface area contributed by atoms with Crippen molar-refractivity contribution in [2.24, 2.45) is 0 Å². The van der Waals surface area contributed by atoms with Crippen molar-refractivity contribution in [2.75, 3.05) is 7.11 Å². The molecule has 0 aliphatic heterocycles. The molecule has 0 aromatic heterocycles. The third kappa shape index (κ3) is 2.47. The third-order valence-electron chi connectivity index (χ3n) is 1.50. The minimum absolute atomic E-state index is 0.880. The molecule has 0 aromatic carbocycles. The Balaban J connectivity index is 4.31. The Hall–Kier alpha value is -0.383. The van der Waals surface area contributed by atoms with Gasteiger partial charge in [-0.3, -0.25) is 0 Å². The Kier molecular flexibility index (Phi) is 3.56. The zero-order valence-corrected chi connectivity index (χ0v) is 7.72. The molecule has 1 atom stereocenters. The van der Waals surface area contributed by atoms with Crippen molar-refractivity contribution in [2.45, 2.75) is 13.5 Å². The second kappa shape index (κ2) is 3.70. The second-order valence-electron chi connectivity index (χ2n) is 2.27. The molecule has 0 aliphatic carbocycles. The van der Waals surface area contributed by atoms with Crippen LogP contribution >= 0.6 is 0 Å². The average Bonchev–Trinajstić information content (AvgIpc) is 1.89. The summed E-state index contributed by atoms with van der Waals surface area (Å²) in [6.45, 7) is 7.10. The SMILES string of the molecule is C=C/C=C(\C)[Si](C)(O)OC. The molecule has 0 aromatic rings. The van der Waals surface area contributed by atoms with Gasteiger partial charge in [0.05, 0.1) is 0 Å². The van der Waals surface area contributed by atoms with Crippen LogP contribution in [-0.2, 0) is 4.43 Å². The Labute approximate surface area is 63.1 Å². The van der Waals surface area contributed by atoms with E-state index >= 15 is 0 Å². The first kappa shape index (κ1) is 9.62. The predicted octanol–water partition coefficient (Wildman–Crippen LogP) is 1.37. The normalized spacial score (nSPS) is 18.2. The standard InChI is InChI=1S/C7H14O2Si/c1-5-6-7(2)10(4,8)9-3/h5-6,8H,1H2,2-4H3/b7-6+. The van der Waals surface area contributed by atoms with Gasteiger partial charge in [-0.15, -0.1) is 0 Å². The van der Waals surface area contributed by atoms with Gasteiger partial charge in [0, 0.05) is 7.11 Å². The second-order valence-corrected chi connectivity index (χ2v) is 5.44. The Morgan fingerprint density at radius 2 is 2.20 bits per heavy atom. The van der Waals surface area contributed by atoms with Crippen molar-refractivity contribution < 1.29 is 9.22 Å². The van der Waals surface area contributed by atoms with Crippen LogP contribution in [0.25, 0.3) is 0 Å². The van der Waals surface area contributed by atoms with Crippen molar-refractivity contribution in [3.05, 3.63) is 23.9 Å². The van der Waals surface area contributed by atoms with Crippen molar-refractivity contribution in [1.29, 1.82) is 0 Å². The van der Waals surface area contributed by atoms with E-state index in [9.17, 15) is 4.80 Å². The van der Waals surface area contributed by atoms with Gasteiger partial charge in [-0.1, -0.05) is 18.7 Å². The molecule has 0 rings (SSSR count). The van der Waals surface area contributed by atoms with E-state index in [4.69, 9.17) is 4.43 Å². The van der Waals surface area contributed by atoms with Crippen LogP contribution in [0.5, 0.6) is 0 Å². The quantitative estimate of drug-likeness (QED) is 0.496. The maximum absolute atomic E-state index is 9.52. The highest BCUT2D eigenvalue weighted by atomic mass is 28.4. The van der Waals surface area contributed by atoms with Gasteiger partial charge < -0.3 is 9.22 Å². The fourth-order valence-electron chi connectivity index (χ4n) is 0.492. The van der Waals surface area contributed by atoms with Crippen LogP contribution in [0.2, 0.25) is 6.55 Å². The fraction of sp³-hybridized carbons (Fsp3) is 0.429. The Morgan fingerprint density at radius 1 is 1.70 bits per heavy atom. The van der Waals surface area contributed by atoms with Crippen LogP contribution in [-0.4, -0.2) is 20.5 Å². The highest BCUT2D eigenvalue weighted by Gasteiger charge is 2.26. The number of hydrogen-bond acceptors (Lipinski definition) is 2. The summed E-state index contributed by atoms with van der Waals surface area (Å²) >= 11 is 0. The van der Waals surface area contributed by atoms with Gasteiger partial charge in [-0.05, 0) is 18.7 Å². The first-order chi connectivity index (χ1) is 4.54. The van der Waals surface area contributed by atoms with Crippen molar-refractivity contribution >= 4 is 8.56 Å². The van der Waals surface area contributed by atoms with Crippen molar-refractivity contribution in [1.82, 2.24) is 0 Å². The zero-order chi connectivity index (χ0) is 8.20. The van der Waals surface area contributed by atoms with Crippen molar-refractivity contribution in [3.8, 4) is 0 Å². The van der Waals surface area contributed by atoms with Crippen LogP contribution in [0, 0.1) is 0 Å². The van der Waals surface area contributed by atoms with Crippen LogP contribution in [0.1, 0.15) is 6.92 Å². The summed E-state index contributed by atoms with van der Waals surface area (Å²) in [6.07, 6.45) is 3.42. The summed E-state index contributed by atoms with van der Waals surface area (Å²) in [4.78, 5) is 9.52. The molecule has 1 N–H and O–H groups in total. The molecule has 2 nitrogen and oxygen atoms in total. The van der Waals surface area contributed by atoms with Gasteiger partial charge in [-0.25, -0.2) is 0 Å². The van der Waals surface area contributed by atoms with E-state index in [1.165, 1.54) is 7.11 Å². The molecule has 0 fully saturated rings. The minimum Gasteiger partial charge on any atom is -0.408 e. The molecule has 1 unspecified atom stereocenters. The largest absolute Gasteiger partial charge is 0.408 e. The molecule has 3 heteroatoms. The van der Waals surface area contributed by atoms with Crippen LogP contribution in [0.4, 0.5) is 0 Å². The van der Waals surface area contributed by atoms with Gasteiger partial charge in [-0.2, -0.15) is 0 Å². The number of hydrogen-bond donors (Lipinski definition) is 1. The smallest absolute Gasteiger partial charge is 0.361 e. The summed E-state index contributed by atoms with van der Waals surface area (Å²) in [5.41, 5.74) is 0. The van der Waals surface area contributed by atoms with Crippen LogP contribution in [0.15, 0.2) is 23.9 Å². The van der Waals surface area contributed by atoms with E-state index in [0.29, 0.717) is 0 Å². The Morgan fingerprint density at radius 3 is 2.50 bits per heavy atom. The number of rotatable bonds is 3. The highest BCUT2D eigenvalue weighted by Crippen LogP contribution is 2.10. The summed E-state index contributed by atoms with van der Waals surface area (Å²) in [7, 11) is -0.991. The van der Waals surface area contributed by atoms with Crippen LogP contribution in [0.3, 0.4) is 0 Å². The van der Waals surface area contributed by atoms with Gasteiger partial charge in [0.1, 0.15) is 0 Å². The monoisotopic (exact) mass is 158 g/mol. The maximum atomic E-state index is 9.52. The topological polar surface area (TPSA) is 29.5 Å². The summed E-state index contributed by atoms with van der Waals surface area (Å²) in [5, 5.41) is 0.880. The summed E-state index contributed by atoms with van der Waals surface area (Å²) < 4.78 is 4.93. The fourth-order valence-corrected chi connectivity index (χ4v) is 1.24.